The van der Waals surface area contributed by atoms with E-state index in [-0.39, 0.29) is 0 Å². The molecule has 1 aliphatic carbocycles. The Morgan fingerprint density at radius 1 is 0.500 bits per heavy atom. The van der Waals surface area contributed by atoms with Crippen LogP contribution < -0.4 is 15.6 Å². The Kier molecular flexibility index (Phi) is 4.48. The van der Waals surface area contributed by atoms with Crippen molar-refractivity contribution in [3.05, 3.63) is 114 Å². The largest absolute Gasteiger partial charge is 0.159 e. The van der Waals surface area contributed by atoms with E-state index in [1.54, 1.807) is 0 Å². The number of benzene rings is 3. The zero-order valence-electron chi connectivity index (χ0n) is 15.4. The van der Waals surface area contributed by atoms with E-state index < -0.39 is 8.07 Å². The first-order chi connectivity index (χ1) is 12.7. The molecule has 0 bridgehead atoms. The third kappa shape index (κ3) is 2.60. The molecule has 1 aliphatic rings. The van der Waals surface area contributed by atoms with Crippen LogP contribution in [-0.2, 0) is 0 Å². The summed E-state index contributed by atoms with van der Waals surface area (Å²) in [5.41, 5.74) is 3.41. The van der Waals surface area contributed by atoms with Gasteiger partial charge < -0.3 is 0 Å². The molecule has 3 aromatic rings. The second kappa shape index (κ2) is 6.93. The molecule has 0 radical (unpaired) electrons. The third-order valence-electron chi connectivity index (χ3n) is 5.64. The summed E-state index contributed by atoms with van der Waals surface area (Å²) in [4.78, 5) is 0. The molecule has 0 fully saturated rings. The van der Waals surface area contributed by atoms with Crippen molar-refractivity contribution in [2.75, 3.05) is 0 Å². The highest BCUT2D eigenvalue weighted by Crippen LogP contribution is 2.39. The minimum atomic E-state index is -2.25. The maximum atomic E-state index is 2.34. The SMILES string of the molecule is CC1=CC=C(C)C1[Si](c1ccccc1)(c1ccccc1)c1ccccc1. The van der Waals surface area contributed by atoms with Crippen LogP contribution in [0, 0.1) is 0 Å². The number of hydrogen-bond donors (Lipinski definition) is 0. The van der Waals surface area contributed by atoms with Crippen LogP contribution in [-0.4, -0.2) is 8.07 Å². The summed E-state index contributed by atoms with van der Waals surface area (Å²) >= 11 is 0. The molecule has 3 aromatic carbocycles. The van der Waals surface area contributed by atoms with Gasteiger partial charge in [-0.1, -0.05) is 114 Å². The molecule has 1 heteroatoms. The lowest BCUT2D eigenvalue weighted by Gasteiger charge is -2.40. The second-order valence-corrected chi connectivity index (χ2v) is 11.1. The normalized spacial score (nSPS) is 14.8. The zero-order chi connectivity index (χ0) is 18.0. The average molecular weight is 353 g/mol. The predicted molar refractivity (Wildman–Crippen MR) is 115 cm³/mol. The van der Waals surface area contributed by atoms with Gasteiger partial charge in [0, 0.05) is 5.54 Å². The average Bonchev–Trinajstić information content (AvgIpc) is 3.04. The Morgan fingerprint density at radius 2 is 0.808 bits per heavy atom. The van der Waals surface area contributed by atoms with Crippen molar-refractivity contribution >= 4 is 23.6 Å². The van der Waals surface area contributed by atoms with Gasteiger partial charge in [0.2, 0.25) is 0 Å². The van der Waals surface area contributed by atoms with Crippen molar-refractivity contribution in [1.82, 2.24) is 0 Å². The highest BCUT2D eigenvalue weighted by molar-refractivity contribution is 7.13. The molecule has 0 saturated heterocycles. The summed E-state index contributed by atoms with van der Waals surface area (Å²) < 4.78 is 0. The summed E-state index contributed by atoms with van der Waals surface area (Å²) in [6, 6.07) is 33.5. The highest BCUT2D eigenvalue weighted by Gasteiger charge is 2.48. The van der Waals surface area contributed by atoms with Gasteiger partial charge in [-0.05, 0) is 29.4 Å². The number of rotatable bonds is 4. The number of allylic oxidation sites excluding steroid dienone is 4. The van der Waals surface area contributed by atoms with Gasteiger partial charge in [-0.2, -0.15) is 0 Å². The van der Waals surface area contributed by atoms with E-state index in [4.69, 9.17) is 0 Å². The van der Waals surface area contributed by atoms with Crippen LogP contribution in [0.5, 0.6) is 0 Å². The van der Waals surface area contributed by atoms with Crippen molar-refractivity contribution in [3.63, 3.8) is 0 Å². The first-order valence-electron chi connectivity index (χ1n) is 9.26. The molecule has 0 aliphatic heterocycles. The Labute approximate surface area is 157 Å². The minimum Gasteiger partial charge on any atom is -0.0679 e. The monoisotopic (exact) mass is 352 g/mol. The second-order valence-electron chi connectivity index (χ2n) is 7.16. The summed E-state index contributed by atoms with van der Waals surface area (Å²) in [5, 5.41) is 4.43. The molecule has 26 heavy (non-hydrogen) atoms. The fourth-order valence-electron chi connectivity index (χ4n) is 4.60. The fraction of sp³-hybridized carbons (Fsp3) is 0.120. The van der Waals surface area contributed by atoms with Crippen molar-refractivity contribution < 1.29 is 0 Å². The van der Waals surface area contributed by atoms with Gasteiger partial charge in [0.15, 0.2) is 8.07 Å². The van der Waals surface area contributed by atoms with Gasteiger partial charge in [-0.15, -0.1) is 0 Å². The van der Waals surface area contributed by atoms with Crippen LogP contribution in [0.25, 0.3) is 0 Å². The topological polar surface area (TPSA) is 0 Å². The standard InChI is InChI=1S/C25H24Si/c1-20-18-19-21(2)25(20)26(22-12-6-3-7-13-22,23-14-8-4-9-15-23)24-16-10-5-11-17-24/h3-19,25H,1-2H3. The van der Waals surface area contributed by atoms with Crippen LogP contribution >= 0.6 is 0 Å². The Bertz CT molecular complexity index is 823. The summed E-state index contributed by atoms with van der Waals surface area (Å²) in [6.07, 6.45) is 4.63. The van der Waals surface area contributed by atoms with Gasteiger partial charge in [-0.25, -0.2) is 0 Å². The molecule has 128 valence electrons. The van der Waals surface area contributed by atoms with Crippen molar-refractivity contribution in [2.24, 2.45) is 0 Å². The molecule has 0 aromatic heterocycles. The minimum absolute atomic E-state index is 0.453. The Hall–Kier alpha value is -2.64. The lowest BCUT2D eigenvalue weighted by Crippen LogP contribution is -2.70. The van der Waals surface area contributed by atoms with E-state index in [2.05, 4.69) is 117 Å². The molecule has 0 N–H and O–H groups in total. The quantitative estimate of drug-likeness (QED) is 0.481. The Morgan fingerprint density at radius 3 is 1.12 bits per heavy atom. The fourth-order valence-corrected chi connectivity index (χ4v) is 10.3. The van der Waals surface area contributed by atoms with Crippen LogP contribution in [0.15, 0.2) is 114 Å². The van der Waals surface area contributed by atoms with Crippen LogP contribution in [0.2, 0.25) is 5.54 Å². The van der Waals surface area contributed by atoms with Gasteiger partial charge in [0.1, 0.15) is 0 Å². The van der Waals surface area contributed by atoms with E-state index in [0.717, 1.165) is 0 Å². The van der Waals surface area contributed by atoms with E-state index in [1.165, 1.54) is 26.7 Å². The first kappa shape index (κ1) is 16.8. The molecule has 0 amide bonds. The summed E-state index contributed by atoms with van der Waals surface area (Å²) in [5.74, 6) is 0. The maximum absolute atomic E-state index is 2.34. The van der Waals surface area contributed by atoms with Crippen molar-refractivity contribution in [3.8, 4) is 0 Å². The summed E-state index contributed by atoms with van der Waals surface area (Å²) in [7, 11) is -2.25. The lowest BCUT2D eigenvalue weighted by atomic mass is 10.2. The van der Waals surface area contributed by atoms with Crippen LogP contribution in [0.3, 0.4) is 0 Å². The molecular weight excluding hydrogens is 328 g/mol. The molecule has 4 rings (SSSR count). The third-order valence-corrected chi connectivity index (χ3v) is 11.1. The lowest BCUT2D eigenvalue weighted by molar-refractivity contribution is 1.10. The first-order valence-corrected chi connectivity index (χ1v) is 11.3. The Balaban J connectivity index is 2.11. The van der Waals surface area contributed by atoms with Gasteiger partial charge in [0.05, 0.1) is 0 Å². The molecule has 0 nitrogen and oxygen atoms in total. The predicted octanol–water partition coefficient (Wildman–Crippen LogP) is 4.43. The number of hydrogen-bond acceptors (Lipinski definition) is 0. The van der Waals surface area contributed by atoms with Gasteiger partial charge >= 0.3 is 0 Å². The van der Waals surface area contributed by atoms with E-state index >= 15 is 0 Å². The molecular formula is C25H24Si. The summed E-state index contributed by atoms with van der Waals surface area (Å²) in [6.45, 7) is 4.60. The smallest absolute Gasteiger partial charge is 0.0679 e. The van der Waals surface area contributed by atoms with Crippen molar-refractivity contribution in [2.45, 2.75) is 19.4 Å². The zero-order valence-corrected chi connectivity index (χ0v) is 16.4. The molecule has 0 atom stereocenters. The highest BCUT2D eigenvalue weighted by atomic mass is 28.3. The maximum Gasteiger partial charge on any atom is 0.159 e. The van der Waals surface area contributed by atoms with Crippen molar-refractivity contribution in [1.29, 1.82) is 0 Å². The molecule has 0 spiro atoms. The molecule has 0 heterocycles. The van der Waals surface area contributed by atoms with Gasteiger partial charge in [0.25, 0.3) is 0 Å². The molecule has 0 saturated carbocycles. The van der Waals surface area contributed by atoms with Crippen LogP contribution in [0.1, 0.15) is 13.8 Å². The van der Waals surface area contributed by atoms with E-state index in [0.29, 0.717) is 5.54 Å². The van der Waals surface area contributed by atoms with E-state index in [1.807, 2.05) is 0 Å². The van der Waals surface area contributed by atoms with Gasteiger partial charge in [-0.3, -0.25) is 0 Å². The van der Waals surface area contributed by atoms with Crippen LogP contribution in [0.4, 0.5) is 0 Å². The van der Waals surface area contributed by atoms with E-state index in [9.17, 15) is 0 Å². The molecule has 0 unspecified atom stereocenters.